The molecule has 0 aromatic heterocycles. The molecule has 60 valence electrons. The van der Waals surface area contributed by atoms with Gasteiger partial charge in [0, 0.05) is 0 Å². The van der Waals surface area contributed by atoms with Crippen molar-refractivity contribution in [3.8, 4) is 5.75 Å². The first-order valence-corrected chi connectivity index (χ1v) is 2.13. The number of halogens is 1. The average molecular weight is 183 g/mol. The van der Waals surface area contributed by atoms with Crippen LogP contribution in [0.5, 0.6) is 5.75 Å². The van der Waals surface area contributed by atoms with Gasteiger partial charge in [-0.3, -0.25) is 0 Å². The summed E-state index contributed by atoms with van der Waals surface area (Å²) in [6.07, 6.45) is 0. The van der Waals surface area contributed by atoms with Gasteiger partial charge in [0.15, 0.2) is 0 Å². The molecule has 0 radical (unpaired) electrons. The van der Waals surface area contributed by atoms with Crippen LogP contribution in [0.4, 0.5) is 0 Å². The van der Waals surface area contributed by atoms with Gasteiger partial charge in [0.1, 0.15) is 5.75 Å². The fraction of sp³-hybridized carbons (Fsp3) is 0. The number of phenolic OH excluding ortho intramolecular Hbond substituents is 1. The molecular weight excluding hydrogens is 170 g/mol. The third kappa shape index (κ3) is 5.83. The highest BCUT2D eigenvalue weighted by Crippen LogP contribution is 2.02. The van der Waals surface area contributed by atoms with Gasteiger partial charge in [-0.05, 0) is 12.1 Å². The molecule has 0 bridgehead atoms. The monoisotopic (exact) mass is 182 g/mol. The molecule has 0 saturated heterocycles. The van der Waals surface area contributed by atoms with Gasteiger partial charge in [-0.15, -0.1) is 12.4 Å². The zero-order valence-electron chi connectivity index (χ0n) is 5.45. The SMILES string of the molecule is Cl.O.Oc1ccccc1.P. The second-order valence-corrected chi connectivity index (χ2v) is 1.34. The van der Waals surface area contributed by atoms with E-state index in [1.807, 2.05) is 6.07 Å². The summed E-state index contributed by atoms with van der Waals surface area (Å²) in [5.41, 5.74) is 0. The van der Waals surface area contributed by atoms with Crippen LogP contribution in [0, 0.1) is 0 Å². The van der Waals surface area contributed by atoms with E-state index < -0.39 is 0 Å². The minimum Gasteiger partial charge on any atom is -0.508 e. The fourth-order valence-corrected chi connectivity index (χ4v) is 0.428. The summed E-state index contributed by atoms with van der Waals surface area (Å²) in [6, 6.07) is 8.71. The van der Waals surface area contributed by atoms with Crippen molar-refractivity contribution in [3.63, 3.8) is 0 Å². The molecule has 4 heteroatoms. The standard InChI is InChI=1S/C6H6O.ClH.H2O.H3P/c7-6-4-2-1-3-5-6;;;/h1-5,7H;1H;1H2;1H3. The lowest BCUT2D eigenvalue weighted by atomic mass is 10.3. The summed E-state index contributed by atoms with van der Waals surface area (Å²) in [7, 11) is 0. The van der Waals surface area contributed by atoms with Gasteiger partial charge in [-0.2, -0.15) is 9.90 Å². The molecule has 3 N–H and O–H groups in total. The molecule has 0 amide bonds. The number of benzene rings is 1. The number of para-hydroxylation sites is 1. The molecule has 0 aliphatic rings. The molecule has 0 aliphatic heterocycles. The molecule has 0 spiro atoms. The molecule has 1 unspecified atom stereocenters. The Morgan fingerprint density at radius 1 is 1.00 bits per heavy atom. The first kappa shape index (κ1) is 16.4. The highest BCUT2D eigenvalue weighted by atomic mass is 35.5. The maximum absolute atomic E-state index is 8.63. The van der Waals surface area contributed by atoms with E-state index in [0.717, 1.165) is 0 Å². The lowest BCUT2D eigenvalue weighted by molar-refractivity contribution is 0.475. The maximum atomic E-state index is 8.63. The predicted molar refractivity (Wildman–Crippen MR) is 50.1 cm³/mol. The van der Waals surface area contributed by atoms with Crippen molar-refractivity contribution in [2.45, 2.75) is 0 Å². The zero-order chi connectivity index (χ0) is 5.11. The highest BCUT2D eigenvalue weighted by Gasteiger charge is 1.74. The number of aromatic hydroxyl groups is 1. The third-order valence-corrected chi connectivity index (χ3v) is 0.756. The Hall–Kier alpha value is -0.300. The fourth-order valence-electron chi connectivity index (χ4n) is 0.428. The predicted octanol–water partition coefficient (Wildman–Crippen LogP) is 1.05. The normalized spacial score (nSPS) is 6.00. The summed E-state index contributed by atoms with van der Waals surface area (Å²) in [5, 5.41) is 8.63. The third-order valence-electron chi connectivity index (χ3n) is 0.756. The smallest absolute Gasteiger partial charge is 0.115 e. The van der Waals surface area contributed by atoms with Crippen LogP contribution in [0.15, 0.2) is 30.3 Å². The van der Waals surface area contributed by atoms with Crippen LogP contribution in [0.2, 0.25) is 0 Å². The van der Waals surface area contributed by atoms with Crippen LogP contribution < -0.4 is 0 Å². The summed E-state index contributed by atoms with van der Waals surface area (Å²) in [6.45, 7) is 0. The van der Waals surface area contributed by atoms with Crippen LogP contribution in [0.1, 0.15) is 0 Å². The highest BCUT2D eigenvalue weighted by molar-refractivity contribution is 6.92. The summed E-state index contributed by atoms with van der Waals surface area (Å²) in [5.74, 6) is 0.322. The Morgan fingerprint density at radius 3 is 1.60 bits per heavy atom. The Labute approximate surface area is 69.6 Å². The molecule has 1 atom stereocenters. The van der Waals surface area contributed by atoms with Crippen LogP contribution in [-0.4, -0.2) is 10.6 Å². The second-order valence-electron chi connectivity index (χ2n) is 1.34. The molecule has 1 rings (SSSR count). The second kappa shape index (κ2) is 8.70. The van der Waals surface area contributed by atoms with Gasteiger partial charge in [-0.25, -0.2) is 0 Å². The first-order chi connectivity index (χ1) is 3.39. The molecule has 0 fully saturated rings. The number of rotatable bonds is 0. The van der Waals surface area contributed by atoms with E-state index in [4.69, 9.17) is 5.11 Å². The van der Waals surface area contributed by atoms with E-state index in [2.05, 4.69) is 0 Å². The van der Waals surface area contributed by atoms with Crippen molar-refractivity contribution in [1.82, 2.24) is 0 Å². The van der Waals surface area contributed by atoms with E-state index >= 15 is 0 Å². The lowest BCUT2D eigenvalue weighted by Crippen LogP contribution is -1.56. The molecule has 2 nitrogen and oxygen atoms in total. The van der Waals surface area contributed by atoms with Gasteiger partial charge in [0.05, 0.1) is 0 Å². The van der Waals surface area contributed by atoms with Crippen LogP contribution in [-0.2, 0) is 0 Å². The van der Waals surface area contributed by atoms with E-state index in [0.29, 0.717) is 5.75 Å². The minimum atomic E-state index is 0. The first-order valence-electron chi connectivity index (χ1n) is 2.13. The lowest BCUT2D eigenvalue weighted by Gasteiger charge is -1.82. The zero-order valence-corrected chi connectivity index (χ0v) is 7.68. The van der Waals surface area contributed by atoms with Crippen molar-refractivity contribution in [1.29, 1.82) is 0 Å². The van der Waals surface area contributed by atoms with E-state index in [1.165, 1.54) is 0 Å². The maximum Gasteiger partial charge on any atom is 0.115 e. The van der Waals surface area contributed by atoms with Crippen molar-refractivity contribution < 1.29 is 10.6 Å². The van der Waals surface area contributed by atoms with Gasteiger partial charge < -0.3 is 10.6 Å². The van der Waals surface area contributed by atoms with Crippen LogP contribution in [0.3, 0.4) is 0 Å². The Morgan fingerprint density at radius 2 is 1.40 bits per heavy atom. The van der Waals surface area contributed by atoms with E-state index in [1.54, 1.807) is 24.3 Å². The van der Waals surface area contributed by atoms with Crippen molar-refractivity contribution >= 4 is 22.3 Å². The molecule has 0 heterocycles. The Bertz CT molecular complexity index is 146. The van der Waals surface area contributed by atoms with Gasteiger partial charge in [0.25, 0.3) is 0 Å². The van der Waals surface area contributed by atoms with E-state index in [-0.39, 0.29) is 27.8 Å². The Balaban J connectivity index is -0.000000163. The molecular formula is C6H12ClO2P. The van der Waals surface area contributed by atoms with Crippen LogP contribution >= 0.6 is 22.3 Å². The quantitative estimate of drug-likeness (QED) is 0.599. The van der Waals surface area contributed by atoms with Gasteiger partial charge >= 0.3 is 0 Å². The van der Waals surface area contributed by atoms with Crippen molar-refractivity contribution in [2.75, 3.05) is 0 Å². The number of hydrogen-bond acceptors (Lipinski definition) is 1. The summed E-state index contributed by atoms with van der Waals surface area (Å²) >= 11 is 0. The molecule has 10 heavy (non-hydrogen) atoms. The summed E-state index contributed by atoms with van der Waals surface area (Å²) in [4.78, 5) is 0. The molecule has 0 aliphatic carbocycles. The van der Waals surface area contributed by atoms with Crippen LogP contribution in [0.25, 0.3) is 0 Å². The largest absolute Gasteiger partial charge is 0.508 e. The number of hydrogen-bond donors (Lipinski definition) is 1. The molecule has 1 aromatic rings. The summed E-state index contributed by atoms with van der Waals surface area (Å²) < 4.78 is 0. The van der Waals surface area contributed by atoms with Crippen molar-refractivity contribution in [2.24, 2.45) is 0 Å². The van der Waals surface area contributed by atoms with Gasteiger partial charge in [-0.1, -0.05) is 18.2 Å². The molecule has 1 aromatic carbocycles. The topological polar surface area (TPSA) is 51.7 Å². The molecule has 0 saturated carbocycles. The minimum absolute atomic E-state index is 0. The van der Waals surface area contributed by atoms with E-state index in [9.17, 15) is 0 Å². The van der Waals surface area contributed by atoms with Gasteiger partial charge in [0.2, 0.25) is 0 Å². The number of phenols is 1. The average Bonchev–Trinajstić information content (AvgIpc) is 1.69. The van der Waals surface area contributed by atoms with Crippen molar-refractivity contribution in [3.05, 3.63) is 30.3 Å². The Kier molecular flexibility index (Phi) is 14.2.